The lowest BCUT2D eigenvalue weighted by Gasteiger charge is -2.13. The molecular weight excluding hydrogens is 540 g/mol. The maximum Gasteiger partial charge on any atom is 0.357 e. The predicted octanol–water partition coefficient (Wildman–Crippen LogP) is 2.68. The van der Waals surface area contributed by atoms with Crippen molar-refractivity contribution >= 4 is 32.4 Å². The number of fused-ring (bicyclic) bond motifs is 4. The minimum atomic E-state index is -4.55. The van der Waals surface area contributed by atoms with Crippen molar-refractivity contribution in [3.8, 4) is 45.8 Å². The third kappa shape index (κ3) is 3.57. The summed E-state index contributed by atoms with van der Waals surface area (Å²) in [5.74, 6) is -3.75. The first-order valence-electron chi connectivity index (χ1n) is 10.6. The van der Waals surface area contributed by atoms with E-state index in [-0.39, 0.29) is 41.5 Å². The lowest BCUT2D eigenvalue weighted by Crippen LogP contribution is -2.20. The Hall–Kier alpha value is -4.82. The molecule has 0 spiro atoms. The van der Waals surface area contributed by atoms with Gasteiger partial charge in [-0.3, -0.25) is 8.57 Å². The summed E-state index contributed by atoms with van der Waals surface area (Å²) in [5, 5.41) is 42.4. The van der Waals surface area contributed by atoms with Gasteiger partial charge in [-0.05, 0) is 35.4 Å². The van der Waals surface area contributed by atoms with Crippen LogP contribution in [0.2, 0.25) is 0 Å². The van der Waals surface area contributed by atoms with Gasteiger partial charge in [0.1, 0.15) is 9.79 Å². The molecule has 0 unspecified atom stereocenters. The largest absolute Gasteiger partial charge is 0.492 e. The number of hydrogen-bond donors (Lipinski definition) is 4. The van der Waals surface area contributed by atoms with Gasteiger partial charge < -0.3 is 20.4 Å². The Labute approximate surface area is 215 Å². The average molecular weight is 559 g/mol. The van der Waals surface area contributed by atoms with Crippen molar-refractivity contribution in [3.05, 3.63) is 72.8 Å². The van der Waals surface area contributed by atoms with E-state index in [2.05, 4.69) is 13.2 Å². The normalized spacial score (nSPS) is 12.2. The first-order valence-corrected chi connectivity index (χ1v) is 13.4. The molecular formula is C24H18N2O10S2. The van der Waals surface area contributed by atoms with Crippen LogP contribution < -0.4 is 8.57 Å². The Morgan fingerprint density at radius 1 is 0.553 bits per heavy atom. The summed E-state index contributed by atoms with van der Waals surface area (Å²) >= 11 is 0. The maximum absolute atomic E-state index is 12.7. The SMILES string of the molecule is C=Cc1ccc(S(=O)(=O)On2c(O)c3c(c2O)-c2c-3c(O)n(OS(=O)(=O)c3ccc(C=C)cc3)c2O)cc1. The molecule has 4 N–H and O–H groups in total. The summed E-state index contributed by atoms with van der Waals surface area (Å²) < 4.78 is 60.9. The third-order valence-corrected chi connectivity index (χ3v) is 8.21. The smallest absolute Gasteiger partial charge is 0.357 e. The molecule has 0 aliphatic heterocycles. The molecule has 2 heterocycles. The molecule has 0 amide bonds. The van der Waals surface area contributed by atoms with Crippen molar-refractivity contribution in [2.24, 2.45) is 0 Å². The highest BCUT2D eigenvalue weighted by atomic mass is 32.2. The zero-order valence-corrected chi connectivity index (χ0v) is 20.8. The third-order valence-electron chi connectivity index (χ3n) is 5.82. The molecule has 12 nitrogen and oxygen atoms in total. The van der Waals surface area contributed by atoms with Gasteiger partial charge in [0.15, 0.2) is 0 Å². The Kier molecular flexibility index (Phi) is 5.47. The minimum absolute atomic E-state index is 0.198. The summed E-state index contributed by atoms with van der Waals surface area (Å²) in [6.45, 7) is 7.14. The van der Waals surface area contributed by atoms with E-state index in [1.807, 2.05) is 0 Å². The van der Waals surface area contributed by atoms with Crippen LogP contribution in [0.4, 0.5) is 0 Å². The fraction of sp³-hybridized carbons (Fsp3) is 0. The van der Waals surface area contributed by atoms with Gasteiger partial charge >= 0.3 is 20.2 Å². The highest BCUT2D eigenvalue weighted by Crippen LogP contribution is 2.64. The van der Waals surface area contributed by atoms with Crippen LogP contribution in [0.15, 0.2) is 71.5 Å². The number of rotatable bonds is 8. The van der Waals surface area contributed by atoms with Crippen molar-refractivity contribution < 1.29 is 45.8 Å². The molecule has 0 atom stereocenters. The van der Waals surface area contributed by atoms with E-state index in [1.54, 1.807) is 0 Å². The second-order valence-corrected chi connectivity index (χ2v) is 11.0. The molecule has 2 aromatic carbocycles. The molecule has 38 heavy (non-hydrogen) atoms. The van der Waals surface area contributed by atoms with Crippen molar-refractivity contribution in [1.82, 2.24) is 9.46 Å². The lowest BCUT2D eigenvalue weighted by atomic mass is 9.86. The van der Waals surface area contributed by atoms with Gasteiger partial charge in [0.05, 0.1) is 22.3 Å². The molecule has 5 rings (SSSR count). The lowest BCUT2D eigenvalue weighted by molar-refractivity contribution is 0.201. The zero-order valence-electron chi connectivity index (χ0n) is 19.1. The van der Waals surface area contributed by atoms with Crippen molar-refractivity contribution in [3.63, 3.8) is 0 Å². The average Bonchev–Trinajstić information content (AvgIpc) is 3.19. The Morgan fingerprint density at radius 3 is 1.05 bits per heavy atom. The van der Waals surface area contributed by atoms with Crippen LogP contribution in [0.1, 0.15) is 11.1 Å². The second-order valence-electron chi connectivity index (χ2n) is 7.99. The second kappa shape index (κ2) is 8.36. The van der Waals surface area contributed by atoms with Gasteiger partial charge in [-0.25, -0.2) is 0 Å². The highest BCUT2D eigenvalue weighted by molar-refractivity contribution is 7.87. The molecule has 2 aromatic heterocycles. The number of aromatic hydroxyl groups is 4. The van der Waals surface area contributed by atoms with Gasteiger partial charge in [0, 0.05) is 0 Å². The van der Waals surface area contributed by atoms with Crippen LogP contribution in [0.25, 0.3) is 34.4 Å². The molecule has 14 heteroatoms. The fourth-order valence-electron chi connectivity index (χ4n) is 3.90. The van der Waals surface area contributed by atoms with E-state index in [1.165, 1.54) is 60.7 Å². The fourth-order valence-corrected chi connectivity index (χ4v) is 5.69. The zero-order chi connectivity index (χ0) is 27.6. The van der Waals surface area contributed by atoms with Gasteiger partial charge in [0.2, 0.25) is 23.5 Å². The van der Waals surface area contributed by atoms with E-state index in [4.69, 9.17) is 8.57 Å². The molecule has 4 aromatic rings. The summed E-state index contributed by atoms with van der Waals surface area (Å²) in [5.41, 5.74) is 0.0435. The Balaban J connectivity index is 1.50. The highest BCUT2D eigenvalue weighted by Gasteiger charge is 2.46. The van der Waals surface area contributed by atoms with Crippen LogP contribution in [0.3, 0.4) is 0 Å². The van der Waals surface area contributed by atoms with Gasteiger partial charge in [-0.1, -0.05) is 59.0 Å². The predicted molar refractivity (Wildman–Crippen MR) is 134 cm³/mol. The molecule has 0 saturated carbocycles. The summed E-state index contributed by atoms with van der Waals surface area (Å²) in [4.78, 5) is -0.596. The van der Waals surface area contributed by atoms with E-state index in [9.17, 15) is 37.3 Å². The quantitative estimate of drug-likeness (QED) is 0.221. The molecule has 0 saturated heterocycles. The van der Waals surface area contributed by atoms with Gasteiger partial charge in [-0.15, -0.1) is 0 Å². The monoisotopic (exact) mass is 558 g/mol. The van der Waals surface area contributed by atoms with Crippen LogP contribution in [-0.2, 0) is 20.2 Å². The molecule has 196 valence electrons. The maximum atomic E-state index is 12.7. The number of benzene rings is 2. The summed E-state index contributed by atoms with van der Waals surface area (Å²) in [6.07, 6.45) is 3.00. The van der Waals surface area contributed by atoms with Crippen molar-refractivity contribution in [2.75, 3.05) is 0 Å². The first-order chi connectivity index (χ1) is 17.9. The number of nitrogens with zero attached hydrogens (tertiary/aromatic N) is 2. The molecule has 0 fully saturated rings. The van der Waals surface area contributed by atoms with Crippen LogP contribution in [0.5, 0.6) is 23.5 Å². The van der Waals surface area contributed by atoms with Crippen LogP contribution in [-0.4, -0.2) is 46.7 Å². The topological polar surface area (TPSA) is 178 Å². The van der Waals surface area contributed by atoms with E-state index in [0.29, 0.717) is 11.1 Å². The van der Waals surface area contributed by atoms with Crippen LogP contribution in [0, 0.1) is 0 Å². The van der Waals surface area contributed by atoms with E-state index >= 15 is 0 Å². The van der Waals surface area contributed by atoms with E-state index in [0.717, 1.165) is 0 Å². The molecule has 1 aliphatic rings. The Morgan fingerprint density at radius 2 is 0.816 bits per heavy atom. The molecule has 1 aliphatic carbocycles. The van der Waals surface area contributed by atoms with Crippen LogP contribution >= 0.6 is 0 Å². The number of hydrogen-bond acceptors (Lipinski definition) is 10. The number of aromatic nitrogens is 2. The summed E-state index contributed by atoms with van der Waals surface area (Å²) in [6, 6.07) is 10.7. The minimum Gasteiger partial charge on any atom is -0.492 e. The van der Waals surface area contributed by atoms with Gasteiger partial charge in [0.25, 0.3) is 0 Å². The Bertz CT molecular complexity index is 1650. The van der Waals surface area contributed by atoms with Crippen molar-refractivity contribution in [2.45, 2.75) is 9.79 Å². The first kappa shape index (κ1) is 24.9. The molecule has 0 bridgehead atoms. The van der Waals surface area contributed by atoms with Gasteiger partial charge in [-0.2, -0.15) is 16.8 Å². The summed E-state index contributed by atoms with van der Waals surface area (Å²) in [7, 11) is -9.10. The standard InChI is InChI=1S/C24H18N2O10S2/c1-3-13-5-9-15(10-6-13)37(31,32)35-25-21(27)17-18(22(25)28)20-19(17)23(29)26(24(20)30)36-38(33,34)16-11-7-14(4-2)8-12-16/h3-12,27-30H,1-2H2. The van der Waals surface area contributed by atoms with E-state index < -0.39 is 43.8 Å². The molecule has 0 radical (unpaired) electrons. The van der Waals surface area contributed by atoms with Crippen molar-refractivity contribution in [1.29, 1.82) is 0 Å².